The summed E-state index contributed by atoms with van der Waals surface area (Å²) in [4.78, 5) is 0. The smallest absolute Gasteiger partial charge is 0.219 e. The minimum absolute atomic E-state index is 0.0143. The van der Waals surface area contributed by atoms with Gasteiger partial charge in [0.05, 0.1) is 11.9 Å². The van der Waals surface area contributed by atoms with Crippen LogP contribution in [0.25, 0.3) is 0 Å². The third-order valence-electron chi connectivity index (χ3n) is 2.46. The van der Waals surface area contributed by atoms with E-state index in [0.29, 0.717) is 13.1 Å². The Balaban J connectivity index is 2.65. The van der Waals surface area contributed by atoms with E-state index in [-0.39, 0.29) is 12.6 Å². The van der Waals surface area contributed by atoms with Crippen LogP contribution in [-0.2, 0) is 14.8 Å². The molecule has 1 rings (SSSR count). The number of nitrogens with zero attached hydrogens (tertiary/aromatic N) is 1. The predicted octanol–water partition coefficient (Wildman–Crippen LogP) is -0.616. The Kier molecular flexibility index (Phi) is 3.88. The Labute approximate surface area is 85.3 Å². The summed E-state index contributed by atoms with van der Waals surface area (Å²) in [6, 6.07) is -0.0143. The van der Waals surface area contributed by atoms with Gasteiger partial charge in [0, 0.05) is 26.2 Å². The molecule has 1 unspecified atom stereocenters. The maximum absolute atomic E-state index is 11.9. The minimum atomic E-state index is -3.21. The molecule has 14 heavy (non-hydrogen) atoms. The van der Waals surface area contributed by atoms with E-state index >= 15 is 0 Å². The molecule has 0 bridgehead atoms. The van der Waals surface area contributed by atoms with Gasteiger partial charge in [-0.1, -0.05) is 0 Å². The molecule has 2 N–H and O–H groups in total. The molecular weight excluding hydrogens is 204 g/mol. The molecule has 0 amide bonds. The molecule has 5 nitrogen and oxygen atoms in total. The molecular formula is C8H18N2O3S. The SMILES string of the molecule is COCC(C)S(=O)(=O)N1CC[C@@H](N)C1. The molecule has 6 heteroatoms. The third kappa shape index (κ3) is 2.44. The average molecular weight is 222 g/mol. The van der Waals surface area contributed by atoms with Crippen molar-refractivity contribution in [3.8, 4) is 0 Å². The van der Waals surface area contributed by atoms with E-state index in [9.17, 15) is 8.42 Å². The largest absolute Gasteiger partial charge is 0.383 e. The van der Waals surface area contributed by atoms with Gasteiger partial charge in [-0.15, -0.1) is 0 Å². The van der Waals surface area contributed by atoms with Crippen molar-refractivity contribution in [1.82, 2.24) is 4.31 Å². The van der Waals surface area contributed by atoms with Gasteiger partial charge in [-0.3, -0.25) is 0 Å². The summed E-state index contributed by atoms with van der Waals surface area (Å²) < 4.78 is 30.0. The fraction of sp³-hybridized carbons (Fsp3) is 1.00. The first-order valence-corrected chi connectivity index (χ1v) is 6.22. The molecule has 1 saturated heterocycles. The highest BCUT2D eigenvalue weighted by Gasteiger charge is 2.33. The molecule has 84 valence electrons. The molecule has 0 spiro atoms. The van der Waals surface area contributed by atoms with Crippen LogP contribution >= 0.6 is 0 Å². The molecule has 0 aliphatic carbocycles. The van der Waals surface area contributed by atoms with Crippen molar-refractivity contribution in [2.45, 2.75) is 24.6 Å². The molecule has 0 saturated carbocycles. The zero-order valence-corrected chi connectivity index (χ0v) is 9.46. The number of rotatable bonds is 4. The predicted molar refractivity (Wildman–Crippen MR) is 54.4 cm³/mol. The highest BCUT2D eigenvalue weighted by Crippen LogP contribution is 2.16. The zero-order chi connectivity index (χ0) is 10.8. The van der Waals surface area contributed by atoms with Crippen LogP contribution in [0.1, 0.15) is 13.3 Å². The standard InChI is InChI=1S/C8H18N2O3S/c1-7(6-13-2)14(11,12)10-4-3-8(9)5-10/h7-8H,3-6,9H2,1-2H3/t7?,8-/m1/s1. The van der Waals surface area contributed by atoms with Crippen molar-refractivity contribution < 1.29 is 13.2 Å². The number of methoxy groups -OCH3 is 1. The van der Waals surface area contributed by atoms with E-state index < -0.39 is 15.3 Å². The number of hydrogen-bond acceptors (Lipinski definition) is 4. The Morgan fingerprint density at radius 2 is 2.29 bits per heavy atom. The van der Waals surface area contributed by atoms with Crippen molar-refractivity contribution in [2.24, 2.45) is 5.73 Å². The van der Waals surface area contributed by atoms with Gasteiger partial charge in [0.2, 0.25) is 10.0 Å². The maximum Gasteiger partial charge on any atom is 0.219 e. The Hall–Kier alpha value is -0.170. The van der Waals surface area contributed by atoms with Crippen LogP contribution in [0.3, 0.4) is 0 Å². The van der Waals surface area contributed by atoms with Crippen LogP contribution in [0, 0.1) is 0 Å². The average Bonchev–Trinajstić information content (AvgIpc) is 2.52. The number of nitrogens with two attached hydrogens (primary N) is 1. The normalized spacial score (nSPS) is 26.6. The van der Waals surface area contributed by atoms with Gasteiger partial charge in [-0.05, 0) is 13.3 Å². The van der Waals surface area contributed by atoms with Crippen LogP contribution in [0.4, 0.5) is 0 Å². The highest BCUT2D eigenvalue weighted by molar-refractivity contribution is 7.89. The summed E-state index contributed by atoms with van der Waals surface area (Å²) >= 11 is 0. The van der Waals surface area contributed by atoms with Crippen LogP contribution in [-0.4, -0.2) is 50.8 Å². The number of sulfonamides is 1. The topological polar surface area (TPSA) is 72.6 Å². The van der Waals surface area contributed by atoms with Crippen LogP contribution in [0.2, 0.25) is 0 Å². The molecule has 0 aromatic carbocycles. The Morgan fingerprint density at radius 1 is 1.64 bits per heavy atom. The fourth-order valence-electron chi connectivity index (χ4n) is 1.56. The van der Waals surface area contributed by atoms with E-state index in [1.54, 1.807) is 6.92 Å². The first-order chi connectivity index (χ1) is 6.48. The Morgan fingerprint density at radius 3 is 2.71 bits per heavy atom. The second-order valence-electron chi connectivity index (χ2n) is 3.72. The molecule has 1 heterocycles. The molecule has 1 aliphatic rings. The lowest BCUT2D eigenvalue weighted by Crippen LogP contribution is -2.39. The zero-order valence-electron chi connectivity index (χ0n) is 8.64. The first kappa shape index (κ1) is 11.9. The van der Waals surface area contributed by atoms with Gasteiger partial charge in [0.1, 0.15) is 0 Å². The lowest BCUT2D eigenvalue weighted by Gasteiger charge is -2.20. The van der Waals surface area contributed by atoms with E-state index in [2.05, 4.69) is 0 Å². The molecule has 0 aromatic rings. The monoisotopic (exact) mass is 222 g/mol. The van der Waals surface area contributed by atoms with Crippen molar-refractivity contribution >= 4 is 10.0 Å². The van der Waals surface area contributed by atoms with E-state index in [1.165, 1.54) is 11.4 Å². The van der Waals surface area contributed by atoms with E-state index in [4.69, 9.17) is 10.5 Å². The van der Waals surface area contributed by atoms with Crippen molar-refractivity contribution in [1.29, 1.82) is 0 Å². The van der Waals surface area contributed by atoms with Gasteiger partial charge in [-0.2, -0.15) is 0 Å². The van der Waals surface area contributed by atoms with E-state index in [1.807, 2.05) is 0 Å². The van der Waals surface area contributed by atoms with Gasteiger partial charge >= 0.3 is 0 Å². The van der Waals surface area contributed by atoms with Crippen LogP contribution in [0.5, 0.6) is 0 Å². The summed E-state index contributed by atoms with van der Waals surface area (Å²) in [5.74, 6) is 0. The summed E-state index contributed by atoms with van der Waals surface area (Å²) in [6.45, 7) is 2.87. The number of ether oxygens (including phenoxy) is 1. The third-order valence-corrected chi connectivity index (χ3v) is 4.66. The fourth-order valence-corrected chi connectivity index (χ4v) is 3.14. The quantitative estimate of drug-likeness (QED) is 0.688. The first-order valence-electron chi connectivity index (χ1n) is 4.72. The second kappa shape index (κ2) is 4.57. The van der Waals surface area contributed by atoms with Crippen molar-refractivity contribution in [2.75, 3.05) is 26.8 Å². The molecule has 2 atom stereocenters. The molecule has 0 radical (unpaired) electrons. The summed E-state index contributed by atoms with van der Waals surface area (Å²) in [7, 11) is -1.70. The molecule has 0 aromatic heterocycles. The lowest BCUT2D eigenvalue weighted by molar-refractivity contribution is 0.198. The Bertz CT molecular complexity index is 278. The molecule has 1 aliphatic heterocycles. The van der Waals surface area contributed by atoms with Crippen LogP contribution in [0.15, 0.2) is 0 Å². The van der Waals surface area contributed by atoms with E-state index in [0.717, 1.165) is 6.42 Å². The van der Waals surface area contributed by atoms with Gasteiger partial charge in [0.15, 0.2) is 0 Å². The van der Waals surface area contributed by atoms with Crippen molar-refractivity contribution in [3.63, 3.8) is 0 Å². The van der Waals surface area contributed by atoms with Crippen LogP contribution < -0.4 is 5.73 Å². The second-order valence-corrected chi connectivity index (χ2v) is 6.07. The number of hydrogen-bond donors (Lipinski definition) is 1. The molecule has 1 fully saturated rings. The van der Waals surface area contributed by atoms with Gasteiger partial charge in [-0.25, -0.2) is 12.7 Å². The highest BCUT2D eigenvalue weighted by atomic mass is 32.2. The minimum Gasteiger partial charge on any atom is -0.383 e. The van der Waals surface area contributed by atoms with Gasteiger partial charge in [0.25, 0.3) is 0 Å². The summed E-state index contributed by atoms with van der Waals surface area (Å²) in [6.07, 6.45) is 0.749. The lowest BCUT2D eigenvalue weighted by atomic mass is 10.3. The van der Waals surface area contributed by atoms with Crippen molar-refractivity contribution in [3.05, 3.63) is 0 Å². The van der Waals surface area contributed by atoms with Gasteiger partial charge < -0.3 is 10.5 Å². The maximum atomic E-state index is 11.9. The summed E-state index contributed by atoms with van der Waals surface area (Å²) in [5, 5.41) is -0.488. The summed E-state index contributed by atoms with van der Waals surface area (Å²) in [5.41, 5.74) is 5.66.